The number of carbonyl (C=O) groups is 1. The first kappa shape index (κ1) is 16.4. The van der Waals surface area contributed by atoms with Crippen LogP contribution in [0, 0.1) is 6.92 Å². The Hall–Kier alpha value is -2.50. The van der Waals surface area contributed by atoms with Crippen LogP contribution in [0.25, 0.3) is 0 Å². The Morgan fingerprint density at radius 1 is 1.17 bits per heavy atom. The summed E-state index contributed by atoms with van der Waals surface area (Å²) in [5.74, 6) is 1.17. The third-order valence-electron chi connectivity index (χ3n) is 4.08. The summed E-state index contributed by atoms with van der Waals surface area (Å²) >= 11 is 0. The summed E-state index contributed by atoms with van der Waals surface area (Å²) in [4.78, 5) is 28.2. The van der Waals surface area contributed by atoms with Crippen molar-refractivity contribution >= 4 is 17.7 Å². The molecule has 0 saturated carbocycles. The van der Waals surface area contributed by atoms with Crippen LogP contribution in [0.4, 0.5) is 11.8 Å². The number of aromatic nitrogens is 3. The Balaban J connectivity index is 1.89. The van der Waals surface area contributed by atoms with Crippen molar-refractivity contribution in [3.05, 3.63) is 41.3 Å². The number of rotatable bonds is 4. The highest BCUT2D eigenvalue weighted by Gasteiger charge is 2.20. The monoisotopic (exact) mass is 325 g/mol. The van der Waals surface area contributed by atoms with E-state index in [0.29, 0.717) is 17.5 Å². The molecular formula is C18H23N5O. The predicted octanol–water partition coefficient (Wildman–Crippen LogP) is 3.16. The quantitative estimate of drug-likeness (QED) is 0.935. The molecule has 0 spiro atoms. The van der Waals surface area contributed by atoms with Gasteiger partial charge in [0.2, 0.25) is 5.95 Å². The molecule has 1 aliphatic rings. The van der Waals surface area contributed by atoms with Crippen LogP contribution < -0.4 is 10.2 Å². The summed E-state index contributed by atoms with van der Waals surface area (Å²) in [5, 5.41) is 2.82. The molecule has 1 amide bonds. The van der Waals surface area contributed by atoms with Gasteiger partial charge < -0.3 is 10.2 Å². The molecule has 0 bridgehead atoms. The van der Waals surface area contributed by atoms with Gasteiger partial charge in [-0.25, -0.2) is 15.0 Å². The number of amides is 1. The minimum Gasteiger partial charge on any atom is -0.341 e. The number of nitrogens with zero attached hydrogens (tertiary/aromatic N) is 4. The summed E-state index contributed by atoms with van der Waals surface area (Å²) in [6.45, 7) is 7.92. The lowest BCUT2D eigenvalue weighted by molar-refractivity contribution is 0.102. The number of aryl methyl sites for hydroxylation is 1. The van der Waals surface area contributed by atoms with Gasteiger partial charge >= 0.3 is 0 Å². The molecule has 0 radical (unpaired) electrons. The van der Waals surface area contributed by atoms with E-state index in [9.17, 15) is 4.79 Å². The third kappa shape index (κ3) is 3.69. The average molecular weight is 325 g/mol. The molecular weight excluding hydrogens is 302 g/mol. The SMILES string of the molecule is Cc1cccc(NC(=O)c2cc(C(C)C)nc(N3CCCC3)n2)n1. The van der Waals surface area contributed by atoms with Crippen molar-refractivity contribution in [2.75, 3.05) is 23.3 Å². The molecule has 3 rings (SSSR count). The molecule has 1 saturated heterocycles. The first-order chi connectivity index (χ1) is 11.5. The molecule has 6 heteroatoms. The van der Waals surface area contributed by atoms with Crippen LogP contribution in [0.3, 0.4) is 0 Å². The lowest BCUT2D eigenvalue weighted by atomic mass is 10.1. The Morgan fingerprint density at radius 2 is 1.92 bits per heavy atom. The van der Waals surface area contributed by atoms with Gasteiger partial charge in [-0.05, 0) is 43.9 Å². The highest BCUT2D eigenvalue weighted by atomic mass is 16.1. The molecule has 2 aromatic heterocycles. The van der Waals surface area contributed by atoms with E-state index < -0.39 is 0 Å². The molecule has 1 fully saturated rings. The van der Waals surface area contributed by atoms with E-state index in [1.165, 1.54) is 0 Å². The van der Waals surface area contributed by atoms with Gasteiger partial charge in [-0.3, -0.25) is 4.79 Å². The van der Waals surface area contributed by atoms with Crippen molar-refractivity contribution < 1.29 is 4.79 Å². The van der Waals surface area contributed by atoms with Crippen molar-refractivity contribution in [2.24, 2.45) is 0 Å². The van der Waals surface area contributed by atoms with Gasteiger partial charge in [0.1, 0.15) is 11.5 Å². The molecule has 1 N–H and O–H groups in total. The van der Waals surface area contributed by atoms with Crippen LogP contribution in [-0.2, 0) is 0 Å². The van der Waals surface area contributed by atoms with Gasteiger partial charge in [0.25, 0.3) is 5.91 Å². The molecule has 0 atom stereocenters. The topological polar surface area (TPSA) is 71.0 Å². The van der Waals surface area contributed by atoms with Gasteiger partial charge in [-0.1, -0.05) is 19.9 Å². The number of pyridine rings is 1. The first-order valence-electron chi connectivity index (χ1n) is 8.42. The zero-order valence-electron chi connectivity index (χ0n) is 14.4. The second kappa shape index (κ2) is 6.95. The second-order valence-corrected chi connectivity index (χ2v) is 6.45. The van der Waals surface area contributed by atoms with E-state index in [0.717, 1.165) is 37.3 Å². The molecule has 1 aliphatic heterocycles. The number of hydrogen-bond donors (Lipinski definition) is 1. The van der Waals surface area contributed by atoms with Crippen LogP contribution in [0.5, 0.6) is 0 Å². The highest BCUT2D eigenvalue weighted by molar-refractivity contribution is 6.02. The average Bonchev–Trinajstić information content (AvgIpc) is 3.09. The van der Waals surface area contributed by atoms with Crippen molar-refractivity contribution in [1.29, 1.82) is 0 Å². The van der Waals surface area contributed by atoms with E-state index in [-0.39, 0.29) is 11.8 Å². The van der Waals surface area contributed by atoms with Gasteiger partial charge in [0.05, 0.1) is 0 Å². The lowest BCUT2D eigenvalue weighted by Gasteiger charge is -2.18. The molecule has 0 aromatic carbocycles. The molecule has 126 valence electrons. The lowest BCUT2D eigenvalue weighted by Crippen LogP contribution is -2.24. The fourth-order valence-electron chi connectivity index (χ4n) is 2.72. The summed E-state index contributed by atoms with van der Waals surface area (Å²) in [7, 11) is 0. The van der Waals surface area contributed by atoms with E-state index >= 15 is 0 Å². The van der Waals surface area contributed by atoms with Gasteiger partial charge in [0, 0.05) is 24.5 Å². The Bertz CT molecular complexity index is 738. The summed E-state index contributed by atoms with van der Waals surface area (Å²) in [6.07, 6.45) is 2.29. The van der Waals surface area contributed by atoms with Crippen molar-refractivity contribution in [3.63, 3.8) is 0 Å². The zero-order valence-corrected chi connectivity index (χ0v) is 14.4. The maximum Gasteiger partial charge on any atom is 0.275 e. The molecule has 0 unspecified atom stereocenters. The Labute approximate surface area is 142 Å². The first-order valence-corrected chi connectivity index (χ1v) is 8.42. The Kier molecular flexibility index (Phi) is 4.74. The van der Waals surface area contributed by atoms with Crippen LogP contribution in [-0.4, -0.2) is 33.9 Å². The second-order valence-electron chi connectivity index (χ2n) is 6.45. The van der Waals surface area contributed by atoms with E-state index in [2.05, 4.69) is 39.0 Å². The van der Waals surface area contributed by atoms with E-state index in [4.69, 9.17) is 0 Å². The van der Waals surface area contributed by atoms with Crippen LogP contribution in [0.15, 0.2) is 24.3 Å². The fraction of sp³-hybridized carbons (Fsp3) is 0.444. The molecule has 24 heavy (non-hydrogen) atoms. The maximum atomic E-state index is 12.6. The van der Waals surface area contributed by atoms with Gasteiger partial charge in [-0.15, -0.1) is 0 Å². The highest BCUT2D eigenvalue weighted by Crippen LogP contribution is 2.21. The number of hydrogen-bond acceptors (Lipinski definition) is 5. The summed E-state index contributed by atoms with van der Waals surface area (Å²) < 4.78 is 0. The number of anilines is 2. The number of nitrogens with one attached hydrogen (secondary N) is 1. The molecule has 2 aromatic rings. The van der Waals surface area contributed by atoms with Gasteiger partial charge in [0.15, 0.2) is 0 Å². The van der Waals surface area contributed by atoms with Crippen molar-refractivity contribution in [1.82, 2.24) is 15.0 Å². The fourth-order valence-corrected chi connectivity index (χ4v) is 2.72. The number of carbonyl (C=O) groups excluding carboxylic acids is 1. The van der Waals surface area contributed by atoms with Crippen molar-refractivity contribution in [3.8, 4) is 0 Å². The standard InChI is InChI=1S/C18H23N5O/c1-12(2)14-11-15(21-18(20-14)23-9-4-5-10-23)17(24)22-16-8-6-7-13(3)19-16/h6-8,11-12H,4-5,9-10H2,1-3H3,(H,19,22,24). The zero-order chi connectivity index (χ0) is 17.1. The Morgan fingerprint density at radius 3 is 2.58 bits per heavy atom. The molecule has 0 aliphatic carbocycles. The molecule has 6 nitrogen and oxygen atoms in total. The maximum absolute atomic E-state index is 12.6. The van der Waals surface area contributed by atoms with Crippen LogP contribution >= 0.6 is 0 Å². The predicted molar refractivity (Wildman–Crippen MR) is 94.5 cm³/mol. The van der Waals surface area contributed by atoms with E-state index in [1.807, 2.05) is 19.1 Å². The minimum absolute atomic E-state index is 0.234. The minimum atomic E-state index is -0.252. The summed E-state index contributed by atoms with van der Waals surface area (Å²) in [5.41, 5.74) is 2.13. The van der Waals surface area contributed by atoms with Crippen molar-refractivity contribution in [2.45, 2.75) is 39.5 Å². The molecule has 3 heterocycles. The largest absolute Gasteiger partial charge is 0.341 e. The third-order valence-corrected chi connectivity index (χ3v) is 4.08. The normalized spacial score (nSPS) is 14.2. The van der Waals surface area contributed by atoms with Gasteiger partial charge in [-0.2, -0.15) is 0 Å². The van der Waals surface area contributed by atoms with Crippen LogP contribution in [0.2, 0.25) is 0 Å². The summed E-state index contributed by atoms with van der Waals surface area (Å²) in [6, 6.07) is 7.31. The van der Waals surface area contributed by atoms with Crippen LogP contribution in [0.1, 0.15) is 54.5 Å². The van der Waals surface area contributed by atoms with E-state index in [1.54, 1.807) is 12.1 Å². The smallest absolute Gasteiger partial charge is 0.275 e.